The van der Waals surface area contributed by atoms with Crippen molar-refractivity contribution in [2.75, 3.05) is 18.9 Å². The molecule has 5 rings (SSSR count). The molecule has 3 aromatic rings. The second kappa shape index (κ2) is 9.48. The average molecular weight is 525 g/mol. The normalized spacial score (nSPS) is 28.5. The number of anilines is 1. The molecule has 6 atom stereocenters. The van der Waals surface area contributed by atoms with Gasteiger partial charge in [-0.25, -0.2) is 18.5 Å². The van der Waals surface area contributed by atoms with Crippen LogP contribution in [0.1, 0.15) is 19.1 Å². The lowest BCUT2D eigenvalue weighted by Crippen LogP contribution is -2.46. The monoisotopic (exact) mass is 525 g/mol. The van der Waals surface area contributed by atoms with Gasteiger partial charge in [-0.3, -0.25) is 9.09 Å². The zero-order valence-corrected chi connectivity index (χ0v) is 20.0. The predicted octanol–water partition coefficient (Wildman–Crippen LogP) is -1.72. The van der Waals surface area contributed by atoms with Gasteiger partial charge in [-0.1, -0.05) is 4.98 Å². The number of aryl methyl sites for hydroxylation is 1. The molecule has 36 heavy (non-hydrogen) atoms. The number of nitrogens with two attached hydrogens (primary N) is 1. The average Bonchev–Trinajstić information content (AvgIpc) is 3.62. The second-order valence-electron chi connectivity index (χ2n) is 8.55. The Balaban J connectivity index is 1.40. The molecule has 0 aromatic carbocycles. The summed E-state index contributed by atoms with van der Waals surface area (Å²) in [5, 5.41) is 22.8. The van der Waals surface area contributed by atoms with Gasteiger partial charge < -0.3 is 35.2 Å². The standard InChI is InChI=1S/C19H25N8O8P/c1-24-10-26(16-13(24)17(23-19(20)22-16)35-27-5-2-3-11(27)7-28)18-15(30)14(29)12(34-18)8-33-36(31,32)25-6-4-21-9-25/h4,6-7,9-12,14-15,18,29-30H,2-3,5,8H2,1H3,(H2-,20,22,23,31,32)/p+1/t11-,12+,14?,15-,18+/m0/s1. The minimum atomic E-state index is -4.27. The minimum absolute atomic E-state index is 0.113. The number of aliphatic hydroxyl groups excluding tert-OH is 2. The maximum absolute atomic E-state index is 12.4. The van der Waals surface area contributed by atoms with Gasteiger partial charge in [-0.2, -0.15) is 4.98 Å². The lowest BCUT2D eigenvalue weighted by atomic mass is 10.1. The molecule has 2 aliphatic heterocycles. The first-order valence-electron chi connectivity index (χ1n) is 11.1. The lowest BCUT2D eigenvalue weighted by Gasteiger charge is -2.19. The van der Waals surface area contributed by atoms with Crippen LogP contribution in [0, 0.1) is 0 Å². The summed E-state index contributed by atoms with van der Waals surface area (Å²) in [6, 6.07) is -0.413. The van der Waals surface area contributed by atoms with Crippen LogP contribution in [0.2, 0.25) is 0 Å². The first-order valence-corrected chi connectivity index (χ1v) is 12.6. The largest absolute Gasteiger partial charge is 0.437 e. The Morgan fingerprint density at radius 1 is 1.36 bits per heavy atom. The first kappa shape index (κ1) is 24.7. The summed E-state index contributed by atoms with van der Waals surface area (Å²) in [6.45, 7) is 0.0465. The van der Waals surface area contributed by atoms with Crippen LogP contribution in [0.15, 0.2) is 25.0 Å². The molecule has 2 unspecified atom stereocenters. The van der Waals surface area contributed by atoms with Crippen LogP contribution in [-0.2, 0) is 25.7 Å². The van der Waals surface area contributed by atoms with Crippen molar-refractivity contribution in [1.82, 2.24) is 28.9 Å². The van der Waals surface area contributed by atoms with Crippen LogP contribution in [0.4, 0.5) is 5.95 Å². The molecule has 17 heteroatoms. The molecular formula is C19H26N8O8P+. The number of hydrogen-bond donors (Lipinski definition) is 4. The fourth-order valence-electron chi connectivity index (χ4n) is 4.34. The second-order valence-corrected chi connectivity index (χ2v) is 10.2. The Morgan fingerprint density at radius 3 is 2.89 bits per heavy atom. The number of ether oxygens (including phenoxy) is 1. The number of carbonyl (C=O) groups is 1. The molecule has 5 N–H and O–H groups in total. The fraction of sp³-hybridized carbons (Fsp3) is 0.526. The third kappa shape index (κ3) is 4.37. The van der Waals surface area contributed by atoms with Crippen LogP contribution >= 0.6 is 7.75 Å². The quantitative estimate of drug-likeness (QED) is 0.147. The number of imidazole rings is 2. The topological polar surface area (TPSA) is 204 Å². The SMILES string of the molecule is Cn1c[n+]([C@@H]2O[C@H](COP(=O)(O)n3ccnc3)C(O)[C@@H]2O)c2nc(N)nc(ON3CCC[C@H]3C=O)c21. The molecule has 2 fully saturated rings. The van der Waals surface area contributed by atoms with E-state index in [1.165, 1.54) is 22.0 Å². The molecule has 2 saturated heterocycles. The molecule has 5 heterocycles. The number of carbonyl (C=O) groups excluding carboxylic acids is 1. The van der Waals surface area contributed by atoms with Crippen molar-refractivity contribution >= 4 is 31.1 Å². The van der Waals surface area contributed by atoms with Crippen molar-refractivity contribution in [3.63, 3.8) is 0 Å². The molecule has 16 nitrogen and oxygen atoms in total. The number of fused-ring (bicyclic) bond motifs is 1. The highest BCUT2D eigenvalue weighted by Gasteiger charge is 2.48. The van der Waals surface area contributed by atoms with E-state index < -0.39 is 44.9 Å². The number of aldehydes is 1. The Labute approximate surface area is 204 Å². The summed E-state index contributed by atoms with van der Waals surface area (Å²) < 4.78 is 27.3. The van der Waals surface area contributed by atoms with Crippen molar-refractivity contribution in [3.8, 4) is 5.88 Å². The number of hydrogen-bond acceptors (Lipinski definition) is 12. The van der Waals surface area contributed by atoms with Gasteiger partial charge in [0.1, 0.15) is 37.0 Å². The van der Waals surface area contributed by atoms with Gasteiger partial charge in [-0.05, 0) is 12.8 Å². The number of nitrogen functional groups attached to an aromatic ring is 1. The van der Waals surface area contributed by atoms with E-state index in [4.69, 9.17) is 19.8 Å². The summed E-state index contributed by atoms with van der Waals surface area (Å²) >= 11 is 0. The highest BCUT2D eigenvalue weighted by atomic mass is 31.2. The third-order valence-electron chi connectivity index (χ3n) is 6.16. The third-order valence-corrected chi connectivity index (χ3v) is 7.46. The molecule has 0 amide bonds. The van der Waals surface area contributed by atoms with Gasteiger partial charge >= 0.3 is 19.3 Å². The molecule has 0 bridgehead atoms. The van der Waals surface area contributed by atoms with E-state index in [-0.39, 0.29) is 17.5 Å². The molecular weight excluding hydrogens is 499 g/mol. The van der Waals surface area contributed by atoms with E-state index in [1.807, 2.05) is 0 Å². The summed E-state index contributed by atoms with van der Waals surface area (Å²) in [4.78, 5) is 39.5. The van der Waals surface area contributed by atoms with Gasteiger partial charge in [0.15, 0.2) is 6.33 Å². The number of aromatic nitrogens is 6. The van der Waals surface area contributed by atoms with Crippen LogP contribution < -0.4 is 15.1 Å². The zero-order chi connectivity index (χ0) is 25.6. The van der Waals surface area contributed by atoms with E-state index in [9.17, 15) is 24.5 Å². The lowest BCUT2D eigenvalue weighted by molar-refractivity contribution is -0.745. The van der Waals surface area contributed by atoms with Crippen molar-refractivity contribution in [2.45, 2.75) is 43.4 Å². The summed E-state index contributed by atoms with van der Waals surface area (Å²) in [7, 11) is -2.58. The highest BCUT2D eigenvalue weighted by molar-refractivity contribution is 7.51. The number of aliphatic hydroxyl groups is 2. The maximum Gasteiger partial charge on any atom is 0.437 e. The molecule has 3 aromatic heterocycles. The maximum atomic E-state index is 12.4. The smallest absolute Gasteiger partial charge is 0.387 e. The van der Waals surface area contributed by atoms with Gasteiger partial charge in [0.2, 0.25) is 11.7 Å². The molecule has 0 saturated carbocycles. The number of hydroxylamine groups is 2. The zero-order valence-electron chi connectivity index (χ0n) is 19.1. The fourth-order valence-corrected chi connectivity index (χ4v) is 5.23. The van der Waals surface area contributed by atoms with E-state index in [0.29, 0.717) is 18.5 Å². The van der Waals surface area contributed by atoms with E-state index in [0.717, 1.165) is 23.4 Å². The summed E-state index contributed by atoms with van der Waals surface area (Å²) in [5.74, 6) is -0.00395. The van der Waals surface area contributed by atoms with Crippen molar-refractivity contribution in [1.29, 1.82) is 0 Å². The van der Waals surface area contributed by atoms with Crippen LogP contribution in [0.25, 0.3) is 11.2 Å². The summed E-state index contributed by atoms with van der Waals surface area (Å²) in [6.07, 6.45) is 2.37. The molecule has 0 radical (unpaired) electrons. The summed E-state index contributed by atoms with van der Waals surface area (Å²) in [5.41, 5.74) is 6.57. The predicted molar refractivity (Wildman–Crippen MR) is 119 cm³/mol. The van der Waals surface area contributed by atoms with E-state index >= 15 is 0 Å². The Morgan fingerprint density at radius 2 is 2.17 bits per heavy atom. The minimum Gasteiger partial charge on any atom is -0.387 e. The van der Waals surface area contributed by atoms with Crippen LogP contribution in [0.5, 0.6) is 5.88 Å². The van der Waals surface area contributed by atoms with Gasteiger partial charge in [-0.15, -0.1) is 5.06 Å². The molecule has 0 spiro atoms. The van der Waals surface area contributed by atoms with Crippen LogP contribution in [0.3, 0.4) is 0 Å². The van der Waals surface area contributed by atoms with Crippen LogP contribution in [-0.4, -0.2) is 87.8 Å². The van der Waals surface area contributed by atoms with Crippen molar-refractivity contribution < 1.29 is 43.1 Å². The van der Waals surface area contributed by atoms with Crippen molar-refractivity contribution in [2.24, 2.45) is 7.05 Å². The molecule has 194 valence electrons. The first-order chi connectivity index (χ1) is 17.2. The number of nitrogens with zero attached hydrogens (tertiary/aromatic N) is 7. The molecule has 2 aliphatic rings. The number of rotatable bonds is 8. The molecule has 0 aliphatic carbocycles. The Hall–Kier alpha value is -2.98. The Bertz CT molecular complexity index is 1300. The van der Waals surface area contributed by atoms with E-state index in [2.05, 4.69) is 15.0 Å². The Kier molecular flexibility index (Phi) is 6.50. The van der Waals surface area contributed by atoms with Crippen molar-refractivity contribution in [3.05, 3.63) is 25.0 Å². The van der Waals surface area contributed by atoms with Gasteiger partial charge in [0.05, 0.1) is 13.7 Å². The van der Waals surface area contributed by atoms with Gasteiger partial charge in [0, 0.05) is 18.9 Å². The van der Waals surface area contributed by atoms with E-state index in [1.54, 1.807) is 17.9 Å². The highest BCUT2D eigenvalue weighted by Crippen LogP contribution is 2.44. The van der Waals surface area contributed by atoms with Gasteiger partial charge in [0.25, 0.3) is 5.88 Å².